The smallest absolute Gasteiger partial charge is 0.303 e. The van der Waals surface area contributed by atoms with Crippen molar-refractivity contribution >= 4 is 43.3 Å². The lowest BCUT2D eigenvalue weighted by Gasteiger charge is -2.25. The molecule has 1 amide bonds. The number of carbonyl (C=O) groups is 2. The summed E-state index contributed by atoms with van der Waals surface area (Å²) in [6.07, 6.45) is -0.617. The Morgan fingerprint density at radius 1 is 1.45 bits per heavy atom. The molecule has 0 saturated heterocycles. The molecule has 0 spiro atoms. The number of amides is 1. The Morgan fingerprint density at radius 2 is 2.10 bits per heavy atom. The van der Waals surface area contributed by atoms with Gasteiger partial charge in [0.05, 0.1) is 10.6 Å². The molecule has 1 heterocycles. The zero-order valence-corrected chi connectivity index (χ0v) is 12.9. The first kappa shape index (κ1) is 15.0. The van der Waals surface area contributed by atoms with E-state index in [0.717, 1.165) is 5.56 Å². The first-order valence-corrected chi connectivity index (χ1v) is 8.14. The number of anilines is 1. The number of aliphatic carboxylic acids is 1. The van der Waals surface area contributed by atoms with Gasteiger partial charge in [0.1, 0.15) is 5.25 Å². The molecule has 2 rings (SSSR count). The lowest BCUT2D eigenvalue weighted by molar-refractivity contribution is -0.137. The molecule has 0 saturated carbocycles. The molecular formula is C12H12BrNO5S. The maximum Gasteiger partial charge on any atom is 0.303 e. The van der Waals surface area contributed by atoms with Gasteiger partial charge in [-0.25, -0.2) is 8.42 Å². The lowest BCUT2D eigenvalue weighted by atomic mass is 10.2. The molecule has 108 valence electrons. The summed E-state index contributed by atoms with van der Waals surface area (Å²) in [6.45, 7) is 1.74. The molecule has 8 heteroatoms. The second-order valence-electron chi connectivity index (χ2n) is 4.58. The number of sulfone groups is 1. The summed E-state index contributed by atoms with van der Waals surface area (Å²) in [4.78, 5) is 22.5. The minimum Gasteiger partial charge on any atom is -0.481 e. The lowest BCUT2D eigenvalue weighted by Crippen LogP contribution is -2.40. The third kappa shape index (κ3) is 2.57. The SMILES string of the molecule is Cc1cc(Br)c2c(c1)S(=O)(=O)C(CCC(=O)O)C(=O)N2. The number of halogens is 1. The molecule has 0 fully saturated rings. The number of carboxylic acids is 1. The van der Waals surface area contributed by atoms with E-state index in [9.17, 15) is 18.0 Å². The van der Waals surface area contributed by atoms with Crippen LogP contribution in [-0.2, 0) is 19.4 Å². The number of hydrogen-bond donors (Lipinski definition) is 2. The summed E-state index contributed by atoms with van der Waals surface area (Å²) in [7, 11) is -3.88. The summed E-state index contributed by atoms with van der Waals surface area (Å²) in [5, 5.41) is 9.82. The molecule has 1 aromatic rings. The molecule has 1 atom stereocenters. The van der Waals surface area contributed by atoms with Crippen LogP contribution >= 0.6 is 15.9 Å². The first-order valence-electron chi connectivity index (χ1n) is 5.80. The number of aryl methyl sites for hydroxylation is 1. The zero-order valence-electron chi connectivity index (χ0n) is 10.5. The van der Waals surface area contributed by atoms with Crippen LogP contribution in [0.1, 0.15) is 18.4 Å². The molecule has 0 aromatic heterocycles. The standard InChI is InChI=1S/C12H12BrNO5S/c1-6-4-7(13)11-9(5-6)20(18,19)8(12(17)14-11)2-3-10(15)16/h4-5,8H,2-3H2,1H3,(H,14,17)(H,15,16). The van der Waals surface area contributed by atoms with Crippen LogP contribution in [0, 0.1) is 6.92 Å². The van der Waals surface area contributed by atoms with Crippen LogP contribution in [0.3, 0.4) is 0 Å². The van der Waals surface area contributed by atoms with Crippen molar-refractivity contribution in [3.63, 3.8) is 0 Å². The van der Waals surface area contributed by atoms with Crippen molar-refractivity contribution in [2.24, 2.45) is 0 Å². The van der Waals surface area contributed by atoms with Crippen LogP contribution < -0.4 is 5.32 Å². The van der Waals surface area contributed by atoms with Gasteiger partial charge in [0, 0.05) is 10.9 Å². The summed E-state index contributed by atoms with van der Waals surface area (Å²) in [5.74, 6) is -1.83. The number of carboxylic acid groups (broad SMARTS) is 1. The maximum absolute atomic E-state index is 12.5. The minimum absolute atomic E-state index is 0.0272. The zero-order chi connectivity index (χ0) is 15.1. The number of nitrogens with one attached hydrogen (secondary N) is 1. The van der Waals surface area contributed by atoms with Gasteiger partial charge in [-0.1, -0.05) is 0 Å². The van der Waals surface area contributed by atoms with Gasteiger partial charge in [-0.3, -0.25) is 9.59 Å². The fraction of sp³-hybridized carbons (Fsp3) is 0.333. The quantitative estimate of drug-likeness (QED) is 0.853. The number of rotatable bonds is 3. The van der Waals surface area contributed by atoms with Crippen molar-refractivity contribution in [3.8, 4) is 0 Å². The van der Waals surface area contributed by atoms with Crippen LogP contribution in [0.15, 0.2) is 21.5 Å². The van der Waals surface area contributed by atoms with Crippen molar-refractivity contribution < 1.29 is 23.1 Å². The largest absolute Gasteiger partial charge is 0.481 e. The normalized spacial score (nSPS) is 20.1. The van der Waals surface area contributed by atoms with Crippen molar-refractivity contribution in [3.05, 3.63) is 22.2 Å². The molecule has 1 aliphatic rings. The highest BCUT2D eigenvalue weighted by molar-refractivity contribution is 9.10. The number of benzene rings is 1. The third-order valence-electron chi connectivity index (χ3n) is 3.04. The summed E-state index contributed by atoms with van der Waals surface area (Å²) >= 11 is 3.22. The van der Waals surface area contributed by atoms with E-state index in [1.807, 2.05) is 0 Å². The average molecular weight is 362 g/mol. The van der Waals surface area contributed by atoms with E-state index >= 15 is 0 Å². The van der Waals surface area contributed by atoms with E-state index in [-0.39, 0.29) is 23.4 Å². The van der Waals surface area contributed by atoms with Crippen molar-refractivity contribution in [1.29, 1.82) is 0 Å². The number of fused-ring (bicyclic) bond motifs is 1. The number of carbonyl (C=O) groups excluding carboxylic acids is 1. The Labute approximate surface area is 124 Å². The predicted molar refractivity (Wildman–Crippen MR) is 75.4 cm³/mol. The predicted octanol–water partition coefficient (Wildman–Crippen LogP) is 1.72. The molecular weight excluding hydrogens is 350 g/mol. The van der Waals surface area contributed by atoms with Gasteiger partial charge in [-0.05, 0) is 47.0 Å². The molecule has 1 unspecified atom stereocenters. The Morgan fingerprint density at radius 3 is 2.70 bits per heavy atom. The monoisotopic (exact) mass is 361 g/mol. The van der Waals surface area contributed by atoms with Gasteiger partial charge in [0.25, 0.3) is 0 Å². The van der Waals surface area contributed by atoms with E-state index in [1.54, 1.807) is 13.0 Å². The molecule has 0 bridgehead atoms. The van der Waals surface area contributed by atoms with Crippen LogP contribution in [-0.4, -0.2) is 30.7 Å². The Kier molecular flexibility index (Phi) is 3.88. The van der Waals surface area contributed by atoms with Gasteiger partial charge in [-0.15, -0.1) is 0 Å². The molecule has 0 aliphatic carbocycles. The molecule has 0 radical (unpaired) electrons. The Balaban J connectivity index is 2.52. The Bertz CT molecular complexity index is 698. The summed E-state index contributed by atoms with van der Waals surface area (Å²) in [6, 6.07) is 3.18. The fourth-order valence-corrected chi connectivity index (χ4v) is 4.77. The highest BCUT2D eigenvalue weighted by Crippen LogP contribution is 2.38. The van der Waals surface area contributed by atoms with E-state index in [2.05, 4.69) is 21.2 Å². The van der Waals surface area contributed by atoms with Gasteiger partial charge in [-0.2, -0.15) is 0 Å². The van der Waals surface area contributed by atoms with Crippen molar-refractivity contribution in [2.75, 3.05) is 5.32 Å². The molecule has 1 aromatic carbocycles. The topological polar surface area (TPSA) is 101 Å². The van der Waals surface area contributed by atoms with Gasteiger partial charge in [0.2, 0.25) is 5.91 Å². The summed E-state index contributed by atoms with van der Waals surface area (Å²) in [5.41, 5.74) is 0.944. The van der Waals surface area contributed by atoms with Crippen molar-refractivity contribution in [2.45, 2.75) is 29.9 Å². The molecule has 2 N–H and O–H groups in total. The summed E-state index contributed by atoms with van der Waals surface area (Å²) < 4.78 is 25.4. The maximum atomic E-state index is 12.5. The average Bonchev–Trinajstić information content (AvgIpc) is 2.30. The second-order valence-corrected chi connectivity index (χ2v) is 7.53. The van der Waals surface area contributed by atoms with Crippen LogP contribution in [0.4, 0.5) is 5.69 Å². The van der Waals surface area contributed by atoms with Gasteiger partial charge in [0.15, 0.2) is 9.84 Å². The Hall–Kier alpha value is -1.41. The molecule has 6 nitrogen and oxygen atoms in total. The highest BCUT2D eigenvalue weighted by Gasteiger charge is 2.41. The van der Waals surface area contributed by atoms with E-state index < -0.39 is 27.0 Å². The highest BCUT2D eigenvalue weighted by atomic mass is 79.9. The van der Waals surface area contributed by atoms with E-state index in [1.165, 1.54) is 6.07 Å². The van der Waals surface area contributed by atoms with Crippen LogP contribution in [0.25, 0.3) is 0 Å². The third-order valence-corrected chi connectivity index (χ3v) is 5.80. The van der Waals surface area contributed by atoms with E-state index in [0.29, 0.717) is 4.47 Å². The van der Waals surface area contributed by atoms with Crippen LogP contribution in [0.5, 0.6) is 0 Å². The van der Waals surface area contributed by atoms with Crippen LogP contribution in [0.2, 0.25) is 0 Å². The fourth-order valence-electron chi connectivity index (χ4n) is 2.09. The van der Waals surface area contributed by atoms with Gasteiger partial charge >= 0.3 is 5.97 Å². The molecule has 20 heavy (non-hydrogen) atoms. The second kappa shape index (κ2) is 5.17. The van der Waals surface area contributed by atoms with E-state index in [4.69, 9.17) is 5.11 Å². The molecule has 1 aliphatic heterocycles. The first-order chi connectivity index (χ1) is 9.23. The van der Waals surface area contributed by atoms with Gasteiger partial charge < -0.3 is 10.4 Å². The minimum atomic E-state index is -3.88. The van der Waals surface area contributed by atoms with Crippen molar-refractivity contribution in [1.82, 2.24) is 0 Å². The number of hydrogen-bond acceptors (Lipinski definition) is 4.